The average molecular weight is 236 g/mol. The molecule has 0 bridgehead atoms. The molecule has 0 saturated carbocycles. The highest BCUT2D eigenvalue weighted by atomic mass is 14.1. The van der Waals surface area contributed by atoms with Gasteiger partial charge in [0, 0.05) is 0 Å². The van der Waals surface area contributed by atoms with Crippen LogP contribution in [0.3, 0.4) is 0 Å². The second-order valence-electron chi connectivity index (χ2n) is 4.66. The van der Waals surface area contributed by atoms with Gasteiger partial charge >= 0.3 is 0 Å². The van der Waals surface area contributed by atoms with Gasteiger partial charge in [-0.15, -0.1) is 0 Å². The quantitative estimate of drug-likeness (QED) is 0.564. The Kier molecular flexibility index (Phi) is 3.38. The van der Waals surface area contributed by atoms with Crippen molar-refractivity contribution in [3.05, 3.63) is 58.7 Å². The molecule has 92 valence electrons. The molecule has 2 aromatic rings. The molecule has 0 atom stereocenters. The first-order chi connectivity index (χ1) is 8.29. The molecule has 3 rings (SSSR count). The van der Waals surface area contributed by atoms with Gasteiger partial charge in [-0.2, -0.15) is 0 Å². The van der Waals surface area contributed by atoms with E-state index >= 15 is 0 Å². The van der Waals surface area contributed by atoms with Gasteiger partial charge in [-0.1, -0.05) is 56.0 Å². The first kappa shape index (κ1) is 12.6. The van der Waals surface area contributed by atoms with Crippen LogP contribution in [0.15, 0.2) is 36.4 Å². The van der Waals surface area contributed by atoms with E-state index in [-0.39, 0.29) is 7.43 Å². The molecule has 0 spiro atoms. The molecule has 0 nitrogen and oxygen atoms in total. The van der Waals surface area contributed by atoms with E-state index < -0.39 is 0 Å². The molecule has 0 fully saturated rings. The highest BCUT2D eigenvalue weighted by Gasteiger charge is 2.11. The van der Waals surface area contributed by atoms with Crippen LogP contribution >= 0.6 is 0 Å². The molecule has 0 amide bonds. The van der Waals surface area contributed by atoms with Crippen molar-refractivity contribution in [1.82, 2.24) is 0 Å². The molecule has 18 heavy (non-hydrogen) atoms. The third-order valence-electron chi connectivity index (χ3n) is 3.67. The van der Waals surface area contributed by atoms with E-state index in [0.717, 1.165) is 6.42 Å². The Balaban J connectivity index is 0.00000120. The lowest BCUT2D eigenvalue weighted by Gasteiger charge is -2.14. The molecular weight excluding hydrogens is 216 g/mol. The van der Waals surface area contributed by atoms with Gasteiger partial charge < -0.3 is 0 Å². The van der Waals surface area contributed by atoms with Crippen molar-refractivity contribution in [1.29, 1.82) is 0 Å². The number of rotatable bonds is 0. The fourth-order valence-electron chi connectivity index (χ4n) is 2.71. The molecule has 0 N–H and O–H groups in total. The number of hydrogen-bond acceptors (Lipinski definition) is 0. The van der Waals surface area contributed by atoms with E-state index in [1.165, 1.54) is 33.0 Å². The number of aryl methyl sites for hydroxylation is 2. The zero-order valence-electron chi connectivity index (χ0n) is 10.3. The topological polar surface area (TPSA) is 0 Å². The van der Waals surface area contributed by atoms with Crippen molar-refractivity contribution in [2.45, 2.75) is 27.7 Å². The van der Waals surface area contributed by atoms with Crippen LogP contribution in [0, 0.1) is 13.8 Å². The summed E-state index contributed by atoms with van der Waals surface area (Å²) in [4.78, 5) is 0. The van der Waals surface area contributed by atoms with E-state index in [9.17, 15) is 0 Å². The van der Waals surface area contributed by atoms with Crippen molar-refractivity contribution in [2.75, 3.05) is 0 Å². The molecule has 0 radical (unpaired) electrons. The van der Waals surface area contributed by atoms with E-state index in [4.69, 9.17) is 0 Å². The van der Waals surface area contributed by atoms with E-state index in [1.807, 2.05) is 0 Å². The van der Waals surface area contributed by atoms with Crippen LogP contribution in [-0.4, -0.2) is 0 Å². The molecule has 1 aliphatic rings. The average Bonchev–Trinajstić information content (AvgIpc) is 2.62. The zero-order chi connectivity index (χ0) is 11.8. The van der Waals surface area contributed by atoms with E-state index in [1.54, 1.807) is 0 Å². The number of allylic oxidation sites excluding steroid dienone is 2. The Morgan fingerprint density at radius 2 is 1.22 bits per heavy atom. The van der Waals surface area contributed by atoms with Gasteiger partial charge in [0.15, 0.2) is 0 Å². The Hall–Kier alpha value is -1.82. The van der Waals surface area contributed by atoms with Gasteiger partial charge in [-0.25, -0.2) is 0 Å². The standard InChI is InChI=1S/C17H16.CH4/c1-12-14-8-4-3-5-9-15(14)13(2)17-11-7-6-10-16(12)17;/h4-11H,3H2,1-2H3;1H4. The lowest BCUT2D eigenvalue weighted by molar-refractivity contribution is 1.41. The lowest BCUT2D eigenvalue weighted by atomic mass is 9.90. The predicted octanol–water partition coefficient (Wildman–Crippen LogP) is 5.52. The fourth-order valence-corrected chi connectivity index (χ4v) is 2.71. The fraction of sp³-hybridized carbons (Fsp3) is 0.222. The maximum Gasteiger partial charge on any atom is -0.0146 e. The van der Waals surface area contributed by atoms with Gasteiger partial charge in [0.05, 0.1) is 0 Å². The lowest BCUT2D eigenvalue weighted by Crippen LogP contribution is -1.93. The minimum Gasteiger partial charge on any atom is -0.0801 e. The zero-order valence-corrected chi connectivity index (χ0v) is 10.3. The molecule has 0 aromatic heterocycles. The SMILES string of the molecule is C.Cc1c2c(c(C)c3ccccc13)C=CCC=C2. The normalized spacial score (nSPS) is 13.0. The van der Waals surface area contributed by atoms with Gasteiger partial charge in [-0.3, -0.25) is 0 Å². The van der Waals surface area contributed by atoms with Crippen molar-refractivity contribution in [3.63, 3.8) is 0 Å². The summed E-state index contributed by atoms with van der Waals surface area (Å²) in [5.74, 6) is 0. The summed E-state index contributed by atoms with van der Waals surface area (Å²) in [5, 5.41) is 2.76. The maximum atomic E-state index is 2.27. The van der Waals surface area contributed by atoms with Crippen molar-refractivity contribution in [2.24, 2.45) is 0 Å². The van der Waals surface area contributed by atoms with Crippen LogP contribution in [0.25, 0.3) is 22.9 Å². The second-order valence-corrected chi connectivity index (χ2v) is 4.66. The highest BCUT2D eigenvalue weighted by Crippen LogP contribution is 2.32. The van der Waals surface area contributed by atoms with E-state index in [0.29, 0.717) is 0 Å². The van der Waals surface area contributed by atoms with Crippen LogP contribution in [0.4, 0.5) is 0 Å². The molecule has 0 aliphatic heterocycles. The smallest absolute Gasteiger partial charge is 0.0146 e. The Labute approximate surface area is 110 Å². The van der Waals surface area contributed by atoms with Crippen LogP contribution in [0.2, 0.25) is 0 Å². The third-order valence-corrected chi connectivity index (χ3v) is 3.67. The van der Waals surface area contributed by atoms with E-state index in [2.05, 4.69) is 62.4 Å². The minimum atomic E-state index is 0. The van der Waals surface area contributed by atoms with Crippen molar-refractivity contribution in [3.8, 4) is 0 Å². The molecular formula is C18H20. The Bertz CT molecular complexity index is 586. The predicted molar refractivity (Wildman–Crippen MR) is 82.8 cm³/mol. The number of hydrogen-bond donors (Lipinski definition) is 0. The van der Waals surface area contributed by atoms with Gasteiger partial charge in [0.25, 0.3) is 0 Å². The number of fused-ring (bicyclic) bond motifs is 2. The Morgan fingerprint density at radius 3 is 1.67 bits per heavy atom. The van der Waals surface area contributed by atoms with Gasteiger partial charge in [-0.05, 0) is 53.3 Å². The van der Waals surface area contributed by atoms with Crippen LogP contribution in [0.1, 0.15) is 36.1 Å². The summed E-state index contributed by atoms with van der Waals surface area (Å²) in [7, 11) is 0. The second kappa shape index (κ2) is 4.81. The summed E-state index contributed by atoms with van der Waals surface area (Å²) < 4.78 is 0. The molecule has 0 saturated heterocycles. The van der Waals surface area contributed by atoms with Crippen molar-refractivity contribution >= 4 is 22.9 Å². The summed E-state index contributed by atoms with van der Waals surface area (Å²) >= 11 is 0. The monoisotopic (exact) mass is 236 g/mol. The summed E-state index contributed by atoms with van der Waals surface area (Å²) in [5.41, 5.74) is 5.55. The molecule has 2 aromatic carbocycles. The summed E-state index contributed by atoms with van der Waals surface area (Å²) in [6.45, 7) is 4.45. The maximum absolute atomic E-state index is 2.27. The summed E-state index contributed by atoms with van der Waals surface area (Å²) in [6, 6.07) is 8.69. The summed E-state index contributed by atoms with van der Waals surface area (Å²) in [6.07, 6.45) is 10.0. The largest absolute Gasteiger partial charge is 0.0801 e. The Morgan fingerprint density at radius 1 is 0.778 bits per heavy atom. The first-order valence-electron chi connectivity index (χ1n) is 6.14. The minimum absolute atomic E-state index is 0. The van der Waals surface area contributed by atoms with Crippen LogP contribution < -0.4 is 0 Å². The molecule has 1 aliphatic carbocycles. The van der Waals surface area contributed by atoms with Crippen LogP contribution in [0.5, 0.6) is 0 Å². The van der Waals surface area contributed by atoms with Gasteiger partial charge in [0.2, 0.25) is 0 Å². The molecule has 0 heteroatoms. The third kappa shape index (κ3) is 1.78. The highest BCUT2D eigenvalue weighted by molar-refractivity contribution is 5.95. The van der Waals surface area contributed by atoms with Gasteiger partial charge in [0.1, 0.15) is 0 Å². The van der Waals surface area contributed by atoms with Crippen LogP contribution in [-0.2, 0) is 0 Å². The van der Waals surface area contributed by atoms with Crippen molar-refractivity contribution < 1.29 is 0 Å². The number of benzene rings is 2. The molecule has 0 unspecified atom stereocenters. The molecule has 0 heterocycles. The first-order valence-corrected chi connectivity index (χ1v) is 6.14.